The van der Waals surface area contributed by atoms with Gasteiger partial charge in [-0.15, -0.1) is 0 Å². The van der Waals surface area contributed by atoms with Crippen LogP contribution in [-0.2, 0) is 0 Å². The van der Waals surface area contributed by atoms with E-state index in [9.17, 15) is 10.2 Å². The number of nitrogens with zero attached hydrogens (tertiary/aromatic N) is 1. The van der Waals surface area contributed by atoms with Crippen LogP contribution < -0.4 is 0 Å². The van der Waals surface area contributed by atoms with Gasteiger partial charge < -0.3 is 10.2 Å². The van der Waals surface area contributed by atoms with E-state index in [4.69, 9.17) is 0 Å². The molecule has 0 aromatic carbocycles. The van der Waals surface area contributed by atoms with E-state index in [1.807, 2.05) is 21.0 Å². The molecule has 0 radical (unpaired) electrons. The Morgan fingerprint density at radius 2 is 1.69 bits per heavy atom. The Labute approximate surface area is 101 Å². The molecule has 1 atom stereocenters. The highest BCUT2D eigenvalue weighted by molar-refractivity contribution is 4.59. The maximum atomic E-state index is 9.95. The second-order valence-corrected chi connectivity index (χ2v) is 5.41. The lowest BCUT2D eigenvalue weighted by Gasteiger charge is -2.42. The van der Waals surface area contributed by atoms with Crippen molar-refractivity contribution in [1.82, 2.24) is 0 Å². The van der Waals surface area contributed by atoms with Crippen molar-refractivity contribution in [2.75, 3.05) is 20.6 Å². The van der Waals surface area contributed by atoms with E-state index in [1.165, 1.54) is 19.3 Å². The molecule has 0 bridgehead atoms. The molecule has 0 amide bonds. The van der Waals surface area contributed by atoms with Gasteiger partial charge in [0, 0.05) is 5.92 Å². The molecule has 0 rings (SSSR count). The van der Waals surface area contributed by atoms with Crippen LogP contribution in [0.4, 0.5) is 0 Å². The summed E-state index contributed by atoms with van der Waals surface area (Å²) in [5, 5.41) is 19.9. The van der Waals surface area contributed by atoms with Crippen molar-refractivity contribution < 1.29 is 14.7 Å². The molecule has 0 aromatic rings. The summed E-state index contributed by atoms with van der Waals surface area (Å²) >= 11 is 0. The molecule has 0 aliphatic rings. The predicted molar refractivity (Wildman–Crippen MR) is 67.7 cm³/mol. The van der Waals surface area contributed by atoms with Gasteiger partial charge in [-0.2, -0.15) is 0 Å². The number of aliphatic hydroxyl groups is 2. The van der Waals surface area contributed by atoms with E-state index in [0.717, 1.165) is 13.0 Å². The topological polar surface area (TPSA) is 40.5 Å². The van der Waals surface area contributed by atoms with Crippen molar-refractivity contribution in [2.45, 2.75) is 58.8 Å². The third-order valence-electron chi connectivity index (χ3n) is 3.70. The minimum absolute atomic E-state index is 0.270. The molecule has 0 saturated carbocycles. The van der Waals surface area contributed by atoms with Crippen LogP contribution in [0.1, 0.15) is 52.9 Å². The summed E-state index contributed by atoms with van der Waals surface area (Å²) in [5.41, 5.74) is 0. The van der Waals surface area contributed by atoms with Crippen LogP contribution in [0.25, 0.3) is 0 Å². The number of hydrogen-bond donors (Lipinski definition) is 2. The zero-order valence-corrected chi connectivity index (χ0v) is 11.7. The molecule has 0 heterocycles. The molecule has 0 aliphatic heterocycles. The van der Waals surface area contributed by atoms with Crippen molar-refractivity contribution in [1.29, 1.82) is 0 Å². The minimum atomic E-state index is -1.60. The first-order valence-electron chi connectivity index (χ1n) is 6.58. The molecule has 3 heteroatoms. The molecule has 0 fully saturated rings. The van der Waals surface area contributed by atoms with Crippen molar-refractivity contribution >= 4 is 0 Å². The van der Waals surface area contributed by atoms with Gasteiger partial charge in [-0.1, -0.05) is 33.6 Å². The summed E-state index contributed by atoms with van der Waals surface area (Å²) in [6, 6.07) is 0. The van der Waals surface area contributed by atoms with E-state index < -0.39 is 5.91 Å². The normalized spacial score (nSPS) is 15.2. The van der Waals surface area contributed by atoms with Crippen molar-refractivity contribution in [2.24, 2.45) is 5.92 Å². The molecule has 0 aliphatic carbocycles. The van der Waals surface area contributed by atoms with Gasteiger partial charge in [-0.3, -0.25) is 4.48 Å². The first kappa shape index (κ1) is 15.9. The summed E-state index contributed by atoms with van der Waals surface area (Å²) in [6.07, 6.45) is 5.11. The Hall–Kier alpha value is -0.120. The standard InChI is InChI=1S/C13H30NO2/c1-6-9-10-12(7-2)11-14(4,5)13(15,16)8-3/h12,15-16H,6-11H2,1-5H3/q+1. The maximum Gasteiger partial charge on any atom is 0.313 e. The van der Waals surface area contributed by atoms with Gasteiger partial charge >= 0.3 is 5.91 Å². The molecule has 2 N–H and O–H groups in total. The Balaban J connectivity index is 4.41. The van der Waals surface area contributed by atoms with Crippen LogP contribution in [0.3, 0.4) is 0 Å². The highest BCUT2D eigenvalue weighted by atomic mass is 16.5. The zero-order valence-electron chi connectivity index (χ0n) is 11.7. The first-order valence-corrected chi connectivity index (χ1v) is 6.58. The summed E-state index contributed by atoms with van der Waals surface area (Å²) in [7, 11) is 3.80. The fraction of sp³-hybridized carbons (Fsp3) is 1.00. The first-order chi connectivity index (χ1) is 7.30. The number of rotatable bonds is 8. The maximum absolute atomic E-state index is 9.95. The lowest BCUT2D eigenvalue weighted by Crippen LogP contribution is -2.61. The molecule has 1 unspecified atom stereocenters. The molecule has 98 valence electrons. The number of unbranched alkanes of at least 4 members (excludes halogenated alkanes) is 1. The van der Waals surface area contributed by atoms with Crippen LogP contribution in [0.2, 0.25) is 0 Å². The third-order valence-corrected chi connectivity index (χ3v) is 3.70. The molecule has 0 saturated heterocycles. The second kappa shape index (κ2) is 6.58. The van der Waals surface area contributed by atoms with E-state index in [1.54, 1.807) is 0 Å². The predicted octanol–water partition coefficient (Wildman–Crippen LogP) is 2.33. The van der Waals surface area contributed by atoms with Crippen LogP contribution in [0.5, 0.6) is 0 Å². The Morgan fingerprint density at radius 3 is 2.06 bits per heavy atom. The molecular formula is C13H30NO2+. The summed E-state index contributed by atoms with van der Waals surface area (Å²) < 4.78 is 0.270. The lowest BCUT2D eigenvalue weighted by molar-refractivity contribution is -0.997. The molecule has 3 nitrogen and oxygen atoms in total. The van der Waals surface area contributed by atoms with Gasteiger partial charge in [-0.05, 0) is 12.8 Å². The van der Waals surface area contributed by atoms with E-state index >= 15 is 0 Å². The highest BCUT2D eigenvalue weighted by Gasteiger charge is 2.41. The van der Waals surface area contributed by atoms with Gasteiger partial charge in [0.25, 0.3) is 0 Å². The minimum Gasteiger partial charge on any atom is -0.319 e. The SMILES string of the molecule is CCCCC(CC)C[N+](C)(C)C(O)(O)CC. The summed E-state index contributed by atoms with van der Waals surface area (Å²) in [6.45, 7) is 7.02. The third kappa shape index (κ3) is 4.40. The van der Waals surface area contributed by atoms with Gasteiger partial charge in [0.05, 0.1) is 27.1 Å². The van der Waals surface area contributed by atoms with E-state index in [0.29, 0.717) is 12.3 Å². The smallest absolute Gasteiger partial charge is 0.313 e. The lowest BCUT2D eigenvalue weighted by atomic mass is 9.97. The second-order valence-electron chi connectivity index (χ2n) is 5.41. The van der Waals surface area contributed by atoms with Gasteiger partial charge in [-0.25, -0.2) is 0 Å². The Morgan fingerprint density at radius 1 is 1.12 bits per heavy atom. The van der Waals surface area contributed by atoms with E-state index in [-0.39, 0.29) is 4.48 Å². The molecule has 16 heavy (non-hydrogen) atoms. The van der Waals surface area contributed by atoms with Crippen molar-refractivity contribution in [3.8, 4) is 0 Å². The molecule has 0 aromatic heterocycles. The Kier molecular flexibility index (Phi) is 6.53. The average molecular weight is 232 g/mol. The van der Waals surface area contributed by atoms with Crippen LogP contribution in [-0.4, -0.2) is 41.2 Å². The number of hydrogen-bond acceptors (Lipinski definition) is 2. The van der Waals surface area contributed by atoms with Crippen molar-refractivity contribution in [3.05, 3.63) is 0 Å². The quantitative estimate of drug-likeness (QED) is 0.498. The average Bonchev–Trinajstić information content (AvgIpc) is 2.23. The monoisotopic (exact) mass is 232 g/mol. The molecule has 0 spiro atoms. The zero-order chi connectivity index (χ0) is 12.8. The fourth-order valence-corrected chi connectivity index (χ4v) is 2.14. The Bertz CT molecular complexity index is 190. The van der Waals surface area contributed by atoms with Crippen molar-refractivity contribution in [3.63, 3.8) is 0 Å². The molecular weight excluding hydrogens is 202 g/mol. The number of quaternary nitrogens is 1. The summed E-state index contributed by atoms with van der Waals surface area (Å²) in [5.74, 6) is -1.01. The van der Waals surface area contributed by atoms with Crippen LogP contribution in [0, 0.1) is 5.92 Å². The van der Waals surface area contributed by atoms with Crippen LogP contribution in [0.15, 0.2) is 0 Å². The summed E-state index contributed by atoms with van der Waals surface area (Å²) in [4.78, 5) is 0. The van der Waals surface area contributed by atoms with E-state index in [2.05, 4.69) is 13.8 Å². The largest absolute Gasteiger partial charge is 0.319 e. The van der Waals surface area contributed by atoms with Gasteiger partial charge in [0.15, 0.2) is 0 Å². The fourth-order valence-electron chi connectivity index (χ4n) is 2.14. The highest BCUT2D eigenvalue weighted by Crippen LogP contribution is 2.24. The van der Waals surface area contributed by atoms with Gasteiger partial charge in [0.2, 0.25) is 0 Å². The van der Waals surface area contributed by atoms with Crippen LogP contribution >= 0.6 is 0 Å². The van der Waals surface area contributed by atoms with Gasteiger partial charge in [0.1, 0.15) is 0 Å².